The zero-order chi connectivity index (χ0) is 23.6. The first-order valence-electron chi connectivity index (χ1n) is 11.6. The van der Waals surface area contributed by atoms with E-state index in [0.29, 0.717) is 12.8 Å². The highest BCUT2D eigenvalue weighted by molar-refractivity contribution is 4.99. The third-order valence-electron chi connectivity index (χ3n) is 6.79. The van der Waals surface area contributed by atoms with Gasteiger partial charge in [0.15, 0.2) is 12.6 Å². The average molecular weight is 462 g/mol. The summed E-state index contributed by atoms with van der Waals surface area (Å²) in [5.74, 6) is 0. The van der Waals surface area contributed by atoms with Crippen molar-refractivity contribution in [1.82, 2.24) is 10.2 Å². The van der Waals surface area contributed by atoms with Gasteiger partial charge in [0.2, 0.25) is 0 Å². The fourth-order valence-corrected chi connectivity index (χ4v) is 4.97. The molecule has 11 heteroatoms. The summed E-state index contributed by atoms with van der Waals surface area (Å²) >= 11 is 0. The maximum atomic E-state index is 10.7. The molecule has 1 saturated carbocycles. The molecule has 3 rings (SSSR count). The Balaban J connectivity index is 1.61. The molecular formula is C21H43N5O6. The number of hydrogen-bond donors (Lipinski definition) is 6. The third-order valence-corrected chi connectivity index (χ3v) is 6.79. The summed E-state index contributed by atoms with van der Waals surface area (Å²) in [6.07, 6.45) is -0.618. The molecule has 2 heterocycles. The molecule has 188 valence electrons. The van der Waals surface area contributed by atoms with Crippen LogP contribution in [0.4, 0.5) is 0 Å². The Labute approximate surface area is 190 Å². The number of aliphatic hydroxyl groups is 2. The lowest BCUT2D eigenvalue weighted by Crippen LogP contribution is -2.66. The van der Waals surface area contributed by atoms with Gasteiger partial charge in [0.25, 0.3) is 0 Å². The van der Waals surface area contributed by atoms with Crippen LogP contribution in [-0.4, -0.2) is 116 Å². The minimum absolute atomic E-state index is 0.0274. The van der Waals surface area contributed by atoms with Crippen LogP contribution in [0.3, 0.4) is 0 Å². The van der Waals surface area contributed by atoms with Gasteiger partial charge in [-0.3, -0.25) is 0 Å². The Morgan fingerprint density at radius 3 is 2.25 bits per heavy atom. The van der Waals surface area contributed by atoms with Crippen LogP contribution in [0.5, 0.6) is 0 Å². The van der Waals surface area contributed by atoms with Gasteiger partial charge in [0, 0.05) is 25.0 Å². The standard InChI is InChI=1S/C21H43N5O6/c1-21(28)10-29-20(17(27)18(21)25-2)32-16-8-15(13(23)7-14(16)24)31-19-12(22)6-5-11(30-19)9-26(3)4/h11-20,25,27-28H,5-10,22-24H2,1-4H3. The molecule has 9 N–H and O–H groups in total. The van der Waals surface area contributed by atoms with Crippen molar-refractivity contribution in [3.8, 4) is 0 Å². The highest BCUT2D eigenvalue weighted by Crippen LogP contribution is 2.31. The Kier molecular flexibility index (Phi) is 8.89. The van der Waals surface area contributed by atoms with Crippen LogP contribution in [0.15, 0.2) is 0 Å². The van der Waals surface area contributed by atoms with Gasteiger partial charge in [0.1, 0.15) is 11.7 Å². The molecule has 1 aliphatic carbocycles. The lowest BCUT2D eigenvalue weighted by molar-refractivity contribution is -0.291. The average Bonchev–Trinajstić information content (AvgIpc) is 2.69. The van der Waals surface area contributed by atoms with Crippen molar-refractivity contribution in [3.05, 3.63) is 0 Å². The Morgan fingerprint density at radius 2 is 1.66 bits per heavy atom. The molecule has 11 nitrogen and oxygen atoms in total. The molecule has 0 bridgehead atoms. The van der Waals surface area contributed by atoms with E-state index >= 15 is 0 Å². The summed E-state index contributed by atoms with van der Waals surface area (Å²) in [5, 5.41) is 24.1. The first-order valence-corrected chi connectivity index (χ1v) is 11.6. The molecule has 32 heavy (non-hydrogen) atoms. The predicted octanol–water partition coefficient (Wildman–Crippen LogP) is -2.34. The molecule has 11 unspecified atom stereocenters. The molecule has 0 radical (unpaired) electrons. The van der Waals surface area contributed by atoms with Crippen molar-refractivity contribution < 1.29 is 29.2 Å². The molecule has 0 spiro atoms. The molecule has 3 aliphatic rings. The van der Waals surface area contributed by atoms with E-state index in [0.717, 1.165) is 19.4 Å². The second-order valence-corrected chi connectivity index (χ2v) is 10.1. The molecule has 0 aromatic heterocycles. The monoisotopic (exact) mass is 461 g/mol. The van der Waals surface area contributed by atoms with E-state index in [-0.39, 0.29) is 36.9 Å². The molecule has 0 amide bonds. The zero-order valence-electron chi connectivity index (χ0n) is 19.7. The topological polar surface area (TPSA) is 171 Å². The van der Waals surface area contributed by atoms with E-state index in [1.54, 1.807) is 14.0 Å². The van der Waals surface area contributed by atoms with Crippen LogP contribution in [0, 0.1) is 0 Å². The highest BCUT2D eigenvalue weighted by Gasteiger charge is 2.48. The van der Waals surface area contributed by atoms with Crippen molar-refractivity contribution in [2.24, 2.45) is 17.2 Å². The van der Waals surface area contributed by atoms with Crippen molar-refractivity contribution >= 4 is 0 Å². The van der Waals surface area contributed by atoms with E-state index in [4.69, 9.17) is 36.1 Å². The zero-order valence-corrected chi connectivity index (χ0v) is 19.7. The van der Waals surface area contributed by atoms with Crippen molar-refractivity contribution in [3.63, 3.8) is 0 Å². The maximum absolute atomic E-state index is 10.7. The van der Waals surface area contributed by atoms with Crippen LogP contribution >= 0.6 is 0 Å². The second-order valence-electron chi connectivity index (χ2n) is 10.1. The molecule has 11 atom stereocenters. The van der Waals surface area contributed by atoms with Gasteiger partial charge in [-0.2, -0.15) is 0 Å². The molecule has 0 aromatic rings. The lowest BCUT2D eigenvalue weighted by Gasteiger charge is -2.47. The number of nitrogens with two attached hydrogens (primary N) is 3. The van der Waals surface area contributed by atoms with Gasteiger partial charge < -0.3 is 56.6 Å². The van der Waals surface area contributed by atoms with Gasteiger partial charge >= 0.3 is 0 Å². The van der Waals surface area contributed by atoms with Crippen molar-refractivity contribution in [2.75, 3.05) is 34.3 Å². The van der Waals surface area contributed by atoms with Gasteiger partial charge in [-0.1, -0.05) is 0 Å². The normalized spacial score (nSPS) is 48.2. The number of likely N-dealkylation sites (N-methyl/N-ethyl adjacent to an activating group) is 2. The van der Waals surface area contributed by atoms with Gasteiger partial charge in [-0.05, 0) is 47.3 Å². The van der Waals surface area contributed by atoms with Crippen LogP contribution in [-0.2, 0) is 18.9 Å². The summed E-state index contributed by atoms with van der Waals surface area (Å²) in [6.45, 7) is 2.44. The Bertz CT molecular complexity index is 599. The second kappa shape index (κ2) is 10.9. The van der Waals surface area contributed by atoms with E-state index in [9.17, 15) is 10.2 Å². The van der Waals surface area contributed by atoms with Crippen LogP contribution < -0.4 is 22.5 Å². The molecule has 2 aliphatic heterocycles. The number of hydrogen-bond acceptors (Lipinski definition) is 11. The molecular weight excluding hydrogens is 418 g/mol. The van der Waals surface area contributed by atoms with Crippen LogP contribution in [0.25, 0.3) is 0 Å². The van der Waals surface area contributed by atoms with Crippen LogP contribution in [0.2, 0.25) is 0 Å². The number of nitrogens with zero attached hydrogens (tertiary/aromatic N) is 1. The Morgan fingerprint density at radius 1 is 1.03 bits per heavy atom. The summed E-state index contributed by atoms with van der Waals surface area (Å²) < 4.78 is 24.1. The Hall–Kier alpha value is -0.440. The summed E-state index contributed by atoms with van der Waals surface area (Å²) in [7, 11) is 5.69. The molecule has 3 fully saturated rings. The number of rotatable bonds is 7. The first kappa shape index (κ1) is 26.2. The first-order chi connectivity index (χ1) is 15.0. The minimum atomic E-state index is -1.21. The van der Waals surface area contributed by atoms with Crippen molar-refractivity contribution in [1.29, 1.82) is 0 Å². The van der Waals surface area contributed by atoms with E-state index in [1.165, 1.54) is 0 Å². The fourth-order valence-electron chi connectivity index (χ4n) is 4.97. The van der Waals surface area contributed by atoms with E-state index in [1.807, 2.05) is 14.1 Å². The number of aliphatic hydroxyl groups excluding tert-OH is 1. The fraction of sp³-hybridized carbons (Fsp3) is 1.00. The molecule has 2 saturated heterocycles. The quantitative estimate of drug-likeness (QED) is 0.240. The molecule has 0 aromatic carbocycles. The van der Waals surface area contributed by atoms with E-state index in [2.05, 4.69) is 10.2 Å². The SMILES string of the molecule is CNC1C(O)C(OC2CC(OC3OC(CN(C)C)CCC3N)C(N)CC2N)OCC1(C)O. The van der Waals surface area contributed by atoms with Gasteiger partial charge in [-0.25, -0.2) is 0 Å². The highest BCUT2D eigenvalue weighted by atomic mass is 16.7. The van der Waals surface area contributed by atoms with E-state index < -0.39 is 36.4 Å². The van der Waals surface area contributed by atoms with Crippen LogP contribution in [0.1, 0.15) is 32.6 Å². The van der Waals surface area contributed by atoms with Gasteiger partial charge in [0.05, 0.1) is 37.0 Å². The van der Waals surface area contributed by atoms with Gasteiger partial charge in [-0.15, -0.1) is 0 Å². The lowest BCUT2D eigenvalue weighted by atomic mass is 9.86. The third kappa shape index (κ3) is 6.16. The number of nitrogens with one attached hydrogen (secondary N) is 1. The predicted molar refractivity (Wildman–Crippen MR) is 119 cm³/mol. The minimum Gasteiger partial charge on any atom is -0.386 e. The van der Waals surface area contributed by atoms with Crippen molar-refractivity contribution in [2.45, 2.75) is 99.4 Å². The summed E-state index contributed by atoms with van der Waals surface area (Å²) in [5.41, 5.74) is 17.8. The largest absolute Gasteiger partial charge is 0.386 e. The maximum Gasteiger partial charge on any atom is 0.185 e. The summed E-state index contributed by atoms with van der Waals surface area (Å²) in [4.78, 5) is 2.08. The number of ether oxygens (including phenoxy) is 4. The smallest absolute Gasteiger partial charge is 0.185 e. The summed E-state index contributed by atoms with van der Waals surface area (Å²) in [6, 6.07) is -1.44.